The Hall–Kier alpha value is -3.16. The molecule has 1 aromatic heterocycles. The van der Waals surface area contributed by atoms with Gasteiger partial charge >= 0.3 is 0 Å². The fraction of sp³-hybridized carbons (Fsp3) is 0.429. The first-order valence-electron chi connectivity index (χ1n) is 12.6. The molecule has 0 radical (unpaired) electrons. The molecule has 7 nitrogen and oxygen atoms in total. The standard InChI is InChI=1S/C28H33N3O4/c1-2-34-15-5-12-29-27(32)22-8-3-6-20(16-22)23-9-4-7-21-17-25(35-26(21)23)28(33)30-24-18-31-13-10-19(24)11-14-31/h3-4,6-9,16-17,19,24H,2,5,10-15,18H2,1H3,(H,29,32)(H,30,33)/t24-/m0/s1. The van der Waals surface area contributed by atoms with E-state index >= 15 is 0 Å². The van der Waals surface area contributed by atoms with Gasteiger partial charge in [0.1, 0.15) is 5.58 Å². The van der Waals surface area contributed by atoms with E-state index in [9.17, 15) is 9.59 Å². The third-order valence-corrected chi connectivity index (χ3v) is 7.13. The van der Waals surface area contributed by atoms with Crippen molar-refractivity contribution < 1.29 is 18.7 Å². The Morgan fingerprint density at radius 2 is 1.91 bits per heavy atom. The van der Waals surface area contributed by atoms with Gasteiger partial charge in [-0.15, -0.1) is 0 Å². The van der Waals surface area contributed by atoms with E-state index in [0.29, 0.717) is 42.6 Å². The van der Waals surface area contributed by atoms with E-state index in [1.54, 1.807) is 6.07 Å². The number of furan rings is 1. The largest absolute Gasteiger partial charge is 0.450 e. The van der Waals surface area contributed by atoms with Crippen molar-refractivity contribution in [2.24, 2.45) is 5.92 Å². The summed E-state index contributed by atoms with van der Waals surface area (Å²) in [5, 5.41) is 7.02. The molecule has 0 saturated carbocycles. The molecule has 7 heteroatoms. The van der Waals surface area contributed by atoms with E-state index in [0.717, 1.165) is 55.4 Å². The number of piperidine rings is 3. The summed E-state index contributed by atoms with van der Waals surface area (Å²) in [6.07, 6.45) is 3.06. The molecular formula is C28H33N3O4. The van der Waals surface area contributed by atoms with Crippen LogP contribution >= 0.6 is 0 Å². The van der Waals surface area contributed by atoms with E-state index < -0.39 is 0 Å². The maximum absolute atomic E-state index is 13.0. The molecule has 35 heavy (non-hydrogen) atoms. The zero-order valence-corrected chi connectivity index (χ0v) is 20.2. The Bertz CT molecular complexity index is 1200. The van der Waals surface area contributed by atoms with Crippen molar-refractivity contribution in [1.29, 1.82) is 0 Å². The highest BCUT2D eigenvalue weighted by atomic mass is 16.5. The number of carbonyl (C=O) groups is 2. The van der Waals surface area contributed by atoms with Crippen LogP contribution in [0.15, 0.2) is 52.9 Å². The van der Waals surface area contributed by atoms with Gasteiger partial charge in [0, 0.05) is 48.9 Å². The molecule has 2 bridgehead atoms. The van der Waals surface area contributed by atoms with Gasteiger partial charge in [0.15, 0.2) is 5.76 Å². The van der Waals surface area contributed by atoms with E-state index in [4.69, 9.17) is 9.15 Å². The molecular weight excluding hydrogens is 442 g/mol. The highest BCUT2D eigenvalue weighted by molar-refractivity contribution is 6.01. The lowest BCUT2D eigenvalue weighted by molar-refractivity contribution is 0.0607. The van der Waals surface area contributed by atoms with Crippen molar-refractivity contribution in [2.45, 2.75) is 32.2 Å². The van der Waals surface area contributed by atoms with Crippen molar-refractivity contribution in [2.75, 3.05) is 39.4 Å². The summed E-state index contributed by atoms with van der Waals surface area (Å²) in [5.74, 6) is 0.600. The Balaban J connectivity index is 1.32. The van der Waals surface area contributed by atoms with Gasteiger partial charge in [-0.25, -0.2) is 0 Å². The number of rotatable bonds is 9. The fourth-order valence-corrected chi connectivity index (χ4v) is 5.22. The Morgan fingerprint density at radius 1 is 1.09 bits per heavy atom. The number of fused-ring (bicyclic) bond motifs is 4. The Labute approximate surface area is 205 Å². The second-order valence-electron chi connectivity index (χ2n) is 9.44. The van der Waals surface area contributed by atoms with Gasteiger partial charge < -0.3 is 24.7 Å². The molecule has 0 aliphatic carbocycles. The van der Waals surface area contributed by atoms with E-state index in [-0.39, 0.29) is 17.9 Å². The van der Waals surface area contributed by atoms with E-state index in [1.165, 1.54) is 0 Å². The molecule has 2 amide bonds. The molecule has 6 rings (SSSR count). The van der Waals surface area contributed by atoms with Crippen molar-refractivity contribution in [3.05, 3.63) is 59.9 Å². The number of benzene rings is 2. The number of carbonyl (C=O) groups excluding carboxylic acids is 2. The van der Waals surface area contributed by atoms with Crippen LogP contribution in [0.1, 0.15) is 47.1 Å². The summed E-state index contributed by atoms with van der Waals surface area (Å²) >= 11 is 0. The molecule has 184 valence electrons. The predicted octanol–water partition coefficient (Wildman–Crippen LogP) is 4.08. The molecule has 3 aliphatic rings. The average Bonchev–Trinajstić information content (AvgIpc) is 3.34. The minimum absolute atomic E-state index is 0.118. The quantitative estimate of drug-likeness (QED) is 0.456. The number of nitrogens with zero attached hydrogens (tertiary/aromatic N) is 1. The minimum atomic E-state index is -0.161. The van der Waals surface area contributed by atoms with Crippen LogP contribution in [-0.2, 0) is 4.74 Å². The summed E-state index contributed by atoms with van der Waals surface area (Å²) in [4.78, 5) is 28.1. The topological polar surface area (TPSA) is 83.8 Å². The van der Waals surface area contributed by atoms with Gasteiger partial charge in [-0.05, 0) is 69.0 Å². The van der Waals surface area contributed by atoms with Gasteiger partial charge in [0.2, 0.25) is 0 Å². The summed E-state index contributed by atoms with van der Waals surface area (Å²) in [6.45, 7) is 7.02. The first-order valence-corrected chi connectivity index (χ1v) is 12.6. The van der Waals surface area contributed by atoms with Crippen molar-refractivity contribution >= 4 is 22.8 Å². The summed E-state index contributed by atoms with van der Waals surface area (Å²) in [7, 11) is 0. The molecule has 2 N–H and O–H groups in total. The summed E-state index contributed by atoms with van der Waals surface area (Å²) < 4.78 is 11.4. The summed E-state index contributed by atoms with van der Waals surface area (Å²) in [6, 6.07) is 15.3. The van der Waals surface area contributed by atoms with Crippen molar-refractivity contribution in [3.63, 3.8) is 0 Å². The summed E-state index contributed by atoms with van der Waals surface area (Å²) in [5.41, 5.74) is 2.97. The van der Waals surface area contributed by atoms with E-state index in [1.807, 2.05) is 49.4 Å². The number of hydrogen-bond acceptors (Lipinski definition) is 5. The van der Waals surface area contributed by atoms with Gasteiger partial charge in [0.25, 0.3) is 11.8 Å². The van der Waals surface area contributed by atoms with Crippen molar-refractivity contribution in [1.82, 2.24) is 15.5 Å². The second kappa shape index (κ2) is 10.6. The highest BCUT2D eigenvalue weighted by Gasteiger charge is 2.35. The molecule has 3 saturated heterocycles. The monoisotopic (exact) mass is 475 g/mol. The third-order valence-electron chi connectivity index (χ3n) is 7.13. The van der Waals surface area contributed by atoms with Gasteiger partial charge in [-0.2, -0.15) is 0 Å². The second-order valence-corrected chi connectivity index (χ2v) is 9.44. The lowest BCUT2D eigenvalue weighted by Gasteiger charge is -2.44. The first kappa shape index (κ1) is 23.6. The Kier molecular flexibility index (Phi) is 7.16. The Morgan fingerprint density at radius 3 is 2.69 bits per heavy atom. The maximum Gasteiger partial charge on any atom is 0.287 e. The van der Waals surface area contributed by atoms with E-state index in [2.05, 4.69) is 15.5 Å². The van der Waals surface area contributed by atoms with Crippen LogP contribution < -0.4 is 10.6 Å². The lowest BCUT2D eigenvalue weighted by Crippen LogP contribution is -2.57. The van der Waals surface area contributed by atoms with Crippen LogP contribution in [0.5, 0.6) is 0 Å². The molecule has 0 spiro atoms. The van der Waals surface area contributed by atoms with Gasteiger partial charge in [-0.1, -0.05) is 30.3 Å². The first-order chi connectivity index (χ1) is 17.1. The van der Waals surface area contributed by atoms with Gasteiger partial charge in [-0.3, -0.25) is 9.59 Å². The zero-order valence-electron chi connectivity index (χ0n) is 20.2. The predicted molar refractivity (Wildman–Crippen MR) is 136 cm³/mol. The average molecular weight is 476 g/mol. The molecule has 3 aliphatic heterocycles. The molecule has 3 aromatic rings. The van der Waals surface area contributed by atoms with Crippen LogP contribution in [0.3, 0.4) is 0 Å². The maximum atomic E-state index is 13.0. The number of nitrogens with one attached hydrogen (secondary N) is 2. The van der Waals surface area contributed by atoms with Crippen LogP contribution in [0.4, 0.5) is 0 Å². The van der Waals surface area contributed by atoms with Gasteiger partial charge in [0.05, 0.1) is 0 Å². The molecule has 1 atom stereocenters. The molecule has 2 aromatic carbocycles. The lowest BCUT2D eigenvalue weighted by atomic mass is 9.84. The number of hydrogen-bond donors (Lipinski definition) is 2. The third kappa shape index (κ3) is 5.26. The minimum Gasteiger partial charge on any atom is -0.450 e. The zero-order chi connectivity index (χ0) is 24.2. The highest BCUT2D eigenvalue weighted by Crippen LogP contribution is 2.32. The van der Waals surface area contributed by atoms with Crippen LogP contribution in [0, 0.1) is 5.92 Å². The van der Waals surface area contributed by atoms with Crippen molar-refractivity contribution in [3.8, 4) is 11.1 Å². The number of amides is 2. The SMILES string of the molecule is CCOCCCNC(=O)c1cccc(-c2cccc3cc(C(=O)N[C@H]4CN5CCC4CC5)oc23)c1. The molecule has 0 unspecified atom stereocenters. The number of ether oxygens (including phenoxy) is 1. The number of para-hydroxylation sites is 1. The normalized spacial score (nSPS) is 21.2. The van der Waals surface area contributed by atoms with Crippen LogP contribution in [0.25, 0.3) is 22.1 Å². The molecule has 3 fully saturated rings. The van der Waals surface area contributed by atoms with Crippen LogP contribution in [0.2, 0.25) is 0 Å². The van der Waals surface area contributed by atoms with Crippen LogP contribution in [-0.4, -0.2) is 62.1 Å². The molecule has 4 heterocycles. The smallest absolute Gasteiger partial charge is 0.287 e. The fourth-order valence-electron chi connectivity index (χ4n) is 5.22.